The van der Waals surface area contributed by atoms with Gasteiger partial charge in [0.05, 0.1) is 24.8 Å². The van der Waals surface area contributed by atoms with Crippen LogP contribution in [0.1, 0.15) is 26.5 Å². The Balaban J connectivity index is 2.01. The van der Waals surface area contributed by atoms with E-state index in [0.29, 0.717) is 22.1 Å². The van der Waals surface area contributed by atoms with Gasteiger partial charge in [0.15, 0.2) is 0 Å². The molecular weight excluding hydrogens is 336 g/mol. The zero-order chi connectivity index (χ0) is 18.1. The number of anilines is 1. The number of hydrogen-bond acceptors (Lipinski definition) is 5. The number of aromatic nitrogens is 1. The molecule has 25 heavy (non-hydrogen) atoms. The van der Waals surface area contributed by atoms with Crippen LogP contribution in [0.15, 0.2) is 24.3 Å². The highest BCUT2D eigenvalue weighted by Gasteiger charge is 2.19. The molecule has 0 aliphatic carbocycles. The third kappa shape index (κ3) is 3.17. The molecule has 6 heteroatoms. The van der Waals surface area contributed by atoms with E-state index >= 15 is 0 Å². The molecule has 0 bridgehead atoms. The molecule has 2 aromatic heterocycles. The fraction of sp³-hybridized carbons (Fsp3) is 0.263. The lowest BCUT2D eigenvalue weighted by Crippen LogP contribution is -2.12. The SMILES string of the molecule is COc1ccc(OC)c(NC(=O)c2sc3nc(C)cc(C)c3c2C)c1. The van der Waals surface area contributed by atoms with Gasteiger partial charge in [0.2, 0.25) is 0 Å². The first-order valence-electron chi connectivity index (χ1n) is 7.85. The minimum atomic E-state index is -0.177. The molecule has 1 amide bonds. The minimum absolute atomic E-state index is 0.177. The number of rotatable bonds is 4. The monoisotopic (exact) mass is 356 g/mol. The number of hydrogen-bond donors (Lipinski definition) is 1. The minimum Gasteiger partial charge on any atom is -0.497 e. The number of amides is 1. The standard InChI is InChI=1S/C19H20N2O3S/c1-10-8-11(2)20-19-16(10)12(3)17(25-19)18(22)21-14-9-13(23-4)6-7-15(14)24-5/h6-9H,1-5H3,(H,21,22). The molecule has 0 saturated carbocycles. The van der Waals surface area contributed by atoms with Crippen LogP contribution in [0.2, 0.25) is 0 Å². The second-order valence-corrected chi connectivity index (χ2v) is 6.84. The first kappa shape index (κ1) is 17.2. The summed E-state index contributed by atoms with van der Waals surface area (Å²) in [6.07, 6.45) is 0. The molecule has 0 saturated heterocycles. The number of carbonyl (C=O) groups is 1. The van der Waals surface area contributed by atoms with E-state index in [9.17, 15) is 4.79 Å². The molecule has 1 aromatic carbocycles. The number of aryl methyl sites for hydroxylation is 3. The number of nitrogens with one attached hydrogen (secondary N) is 1. The van der Waals surface area contributed by atoms with Gasteiger partial charge in [0, 0.05) is 17.1 Å². The van der Waals surface area contributed by atoms with Gasteiger partial charge in [0.25, 0.3) is 5.91 Å². The number of nitrogens with zero attached hydrogens (tertiary/aromatic N) is 1. The van der Waals surface area contributed by atoms with Crippen LogP contribution >= 0.6 is 11.3 Å². The van der Waals surface area contributed by atoms with Crippen LogP contribution in [-0.4, -0.2) is 25.1 Å². The van der Waals surface area contributed by atoms with Gasteiger partial charge in [0.1, 0.15) is 16.3 Å². The molecule has 130 valence electrons. The van der Waals surface area contributed by atoms with E-state index in [4.69, 9.17) is 9.47 Å². The molecule has 0 atom stereocenters. The zero-order valence-corrected chi connectivity index (χ0v) is 15.7. The Morgan fingerprint density at radius 1 is 1.12 bits per heavy atom. The van der Waals surface area contributed by atoms with Crippen LogP contribution in [0.5, 0.6) is 11.5 Å². The van der Waals surface area contributed by atoms with Crippen molar-refractivity contribution in [3.8, 4) is 11.5 Å². The van der Waals surface area contributed by atoms with Crippen molar-refractivity contribution in [2.24, 2.45) is 0 Å². The second-order valence-electron chi connectivity index (χ2n) is 5.84. The van der Waals surface area contributed by atoms with Gasteiger partial charge in [-0.2, -0.15) is 0 Å². The number of fused-ring (bicyclic) bond motifs is 1. The van der Waals surface area contributed by atoms with Crippen LogP contribution < -0.4 is 14.8 Å². The Bertz CT molecular complexity index is 963. The number of thiophene rings is 1. The molecule has 5 nitrogen and oxygen atoms in total. The molecule has 3 aromatic rings. The Kier molecular flexibility index (Phi) is 4.63. The van der Waals surface area contributed by atoms with Crippen molar-refractivity contribution in [1.82, 2.24) is 4.98 Å². The first-order valence-corrected chi connectivity index (χ1v) is 8.67. The van der Waals surface area contributed by atoms with Crippen molar-refractivity contribution in [3.63, 3.8) is 0 Å². The number of pyridine rings is 1. The summed E-state index contributed by atoms with van der Waals surface area (Å²) in [7, 11) is 3.15. The van der Waals surface area contributed by atoms with Gasteiger partial charge >= 0.3 is 0 Å². The summed E-state index contributed by atoms with van der Waals surface area (Å²) in [5, 5.41) is 3.98. The Morgan fingerprint density at radius 3 is 2.56 bits per heavy atom. The van der Waals surface area contributed by atoms with Crippen LogP contribution in [0.25, 0.3) is 10.2 Å². The summed E-state index contributed by atoms with van der Waals surface area (Å²) < 4.78 is 10.6. The van der Waals surface area contributed by atoms with Gasteiger partial charge in [-0.05, 0) is 50.1 Å². The summed E-state index contributed by atoms with van der Waals surface area (Å²) in [4.78, 5) is 18.9. The highest BCUT2D eigenvalue weighted by molar-refractivity contribution is 7.20. The molecule has 0 unspecified atom stereocenters. The average molecular weight is 356 g/mol. The summed E-state index contributed by atoms with van der Waals surface area (Å²) in [6, 6.07) is 7.33. The van der Waals surface area contributed by atoms with Gasteiger partial charge in [-0.25, -0.2) is 4.98 Å². The third-order valence-electron chi connectivity index (χ3n) is 4.09. The maximum atomic E-state index is 12.8. The fourth-order valence-corrected chi connectivity index (χ4v) is 4.12. The van der Waals surface area contributed by atoms with E-state index < -0.39 is 0 Å². The number of benzene rings is 1. The van der Waals surface area contributed by atoms with Crippen LogP contribution in [0.3, 0.4) is 0 Å². The molecular formula is C19H20N2O3S. The lowest BCUT2D eigenvalue weighted by Gasteiger charge is -2.11. The number of carbonyl (C=O) groups excluding carboxylic acids is 1. The Labute approximate surface area is 150 Å². The van der Waals surface area contributed by atoms with E-state index in [-0.39, 0.29) is 5.91 Å². The topological polar surface area (TPSA) is 60.5 Å². The maximum absolute atomic E-state index is 12.8. The molecule has 0 spiro atoms. The predicted octanol–water partition coefficient (Wildman–Crippen LogP) is 4.49. The van der Waals surface area contributed by atoms with Crippen molar-refractivity contribution in [2.45, 2.75) is 20.8 Å². The van der Waals surface area contributed by atoms with Gasteiger partial charge < -0.3 is 14.8 Å². The summed E-state index contributed by atoms with van der Waals surface area (Å²) in [6.45, 7) is 5.96. The van der Waals surface area contributed by atoms with E-state index in [2.05, 4.69) is 10.3 Å². The molecule has 0 aliphatic rings. The lowest BCUT2D eigenvalue weighted by atomic mass is 10.1. The van der Waals surface area contributed by atoms with Crippen molar-refractivity contribution in [3.05, 3.63) is 46.0 Å². The van der Waals surface area contributed by atoms with E-state index in [0.717, 1.165) is 27.0 Å². The lowest BCUT2D eigenvalue weighted by molar-refractivity contribution is 0.102. The van der Waals surface area contributed by atoms with Crippen LogP contribution in [0.4, 0.5) is 5.69 Å². The fourth-order valence-electron chi connectivity index (χ4n) is 2.93. The molecule has 2 heterocycles. The Morgan fingerprint density at radius 2 is 1.88 bits per heavy atom. The molecule has 1 N–H and O–H groups in total. The van der Waals surface area contributed by atoms with E-state index in [1.54, 1.807) is 32.4 Å². The largest absolute Gasteiger partial charge is 0.497 e. The molecule has 0 aliphatic heterocycles. The summed E-state index contributed by atoms with van der Waals surface area (Å²) >= 11 is 1.41. The zero-order valence-electron chi connectivity index (χ0n) is 14.9. The van der Waals surface area contributed by atoms with E-state index in [1.165, 1.54) is 11.3 Å². The van der Waals surface area contributed by atoms with E-state index in [1.807, 2.05) is 26.8 Å². The maximum Gasteiger partial charge on any atom is 0.266 e. The van der Waals surface area contributed by atoms with Crippen molar-refractivity contribution < 1.29 is 14.3 Å². The van der Waals surface area contributed by atoms with Crippen molar-refractivity contribution in [1.29, 1.82) is 0 Å². The predicted molar refractivity (Wildman–Crippen MR) is 101 cm³/mol. The quantitative estimate of drug-likeness (QED) is 0.748. The summed E-state index contributed by atoms with van der Waals surface area (Å²) in [5.41, 5.74) is 3.61. The van der Waals surface area contributed by atoms with Gasteiger partial charge in [-0.3, -0.25) is 4.79 Å². The van der Waals surface area contributed by atoms with Crippen molar-refractivity contribution >= 4 is 33.1 Å². The second kappa shape index (κ2) is 6.72. The highest BCUT2D eigenvalue weighted by atomic mass is 32.1. The normalized spacial score (nSPS) is 10.8. The molecule has 0 radical (unpaired) electrons. The van der Waals surface area contributed by atoms with Crippen LogP contribution in [0, 0.1) is 20.8 Å². The van der Waals surface area contributed by atoms with Crippen LogP contribution in [-0.2, 0) is 0 Å². The molecule has 0 fully saturated rings. The number of methoxy groups -OCH3 is 2. The highest BCUT2D eigenvalue weighted by Crippen LogP contribution is 2.34. The molecule has 3 rings (SSSR count). The van der Waals surface area contributed by atoms with Gasteiger partial charge in [-0.1, -0.05) is 0 Å². The third-order valence-corrected chi connectivity index (χ3v) is 5.27. The Hall–Kier alpha value is -2.60. The summed E-state index contributed by atoms with van der Waals surface area (Å²) in [5.74, 6) is 1.06. The number of ether oxygens (including phenoxy) is 2. The smallest absolute Gasteiger partial charge is 0.266 e. The average Bonchev–Trinajstić information content (AvgIpc) is 2.91. The van der Waals surface area contributed by atoms with Gasteiger partial charge in [-0.15, -0.1) is 11.3 Å². The van der Waals surface area contributed by atoms with Crippen molar-refractivity contribution in [2.75, 3.05) is 19.5 Å². The first-order chi connectivity index (χ1) is 11.9.